The van der Waals surface area contributed by atoms with Gasteiger partial charge in [-0.1, -0.05) is 23.9 Å². The van der Waals surface area contributed by atoms with Gasteiger partial charge in [0.25, 0.3) is 0 Å². The second kappa shape index (κ2) is 8.88. The number of benzene rings is 2. The molecule has 0 saturated carbocycles. The fourth-order valence-corrected chi connectivity index (χ4v) is 4.92. The highest BCUT2D eigenvalue weighted by atomic mass is 32.2. The highest BCUT2D eigenvalue weighted by Crippen LogP contribution is 2.49. The molecule has 1 saturated heterocycles. The molecule has 2 aromatic rings. The summed E-state index contributed by atoms with van der Waals surface area (Å²) in [6, 6.07) is 9.99. The molecule has 0 unspecified atom stereocenters. The lowest BCUT2D eigenvalue weighted by Crippen LogP contribution is -2.42. The lowest BCUT2D eigenvalue weighted by molar-refractivity contribution is -0.137. The first kappa shape index (κ1) is 21.6. The van der Waals surface area contributed by atoms with Gasteiger partial charge in [-0.3, -0.25) is 0 Å². The summed E-state index contributed by atoms with van der Waals surface area (Å²) in [5, 5.41) is 17.6. The molecule has 4 rings (SSSR count). The van der Waals surface area contributed by atoms with Crippen molar-refractivity contribution in [2.24, 2.45) is 0 Å². The summed E-state index contributed by atoms with van der Waals surface area (Å²) < 4.78 is 40.6. The molecule has 2 aromatic carbocycles. The van der Waals surface area contributed by atoms with Gasteiger partial charge in [-0.05, 0) is 37.1 Å². The van der Waals surface area contributed by atoms with Gasteiger partial charge in [0.2, 0.25) is 0 Å². The molecule has 0 spiro atoms. The van der Waals surface area contributed by atoms with Gasteiger partial charge in [0.1, 0.15) is 0 Å². The van der Waals surface area contributed by atoms with Crippen molar-refractivity contribution in [3.8, 4) is 0 Å². The molecule has 166 valence electrons. The summed E-state index contributed by atoms with van der Waals surface area (Å²) in [6.07, 6.45) is -3.94. The molecule has 1 fully saturated rings. The monoisotopic (exact) mass is 452 g/mol. The van der Waals surface area contributed by atoms with Gasteiger partial charge in [-0.15, -0.1) is 0 Å². The molecule has 0 atom stereocenters. The number of halogens is 3. The minimum Gasteiger partial charge on any atom is -0.465 e. The number of amides is 1. The third-order valence-electron chi connectivity index (χ3n) is 5.45. The Labute approximate surface area is 182 Å². The van der Waals surface area contributed by atoms with E-state index in [1.54, 1.807) is 0 Å². The van der Waals surface area contributed by atoms with Gasteiger partial charge in [0, 0.05) is 42.0 Å². The highest BCUT2D eigenvalue weighted by Gasteiger charge is 2.34. The van der Waals surface area contributed by atoms with E-state index in [0.29, 0.717) is 29.4 Å². The number of hydrogen-bond donors (Lipinski definition) is 4. The summed E-state index contributed by atoms with van der Waals surface area (Å²) in [6.45, 7) is 2.48. The topological polar surface area (TPSA) is 76.6 Å². The average Bonchev–Trinajstić information content (AvgIpc) is 2.72. The van der Waals surface area contributed by atoms with Crippen molar-refractivity contribution in [2.75, 3.05) is 36.8 Å². The van der Waals surface area contributed by atoms with E-state index in [9.17, 15) is 18.0 Å². The molecule has 0 radical (unpaired) electrons. The molecule has 31 heavy (non-hydrogen) atoms. The van der Waals surface area contributed by atoms with Gasteiger partial charge in [-0.25, -0.2) is 4.79 Å². The zero-order chi connectivity index (χ0) is 22.0. The fourth-order valence-electron chi connectivity index (χ4n) is 3.86. The number of rotatable bonds is 5. The molecule has 0 aliphatic carbocycles. The van der Waals surface area contributed by atoms with Gasteiger partial charge >= 0.3 is 12.3 Å². The van der Waals surface area contributed by atoms with Gasteiger partial charge < -0.3 is 26.0 Å². The summed E-state index contributed by atoms with van der Waals surface area (Å²) in [5.74, 6) is 0. The Hall–Kier alpha value is -2.59. The van der Waals surface area contributed by atoms with E-state index in [4.69, 9.17) is 5.11 Å². The predicted octanol–water partition coefficient (Wildman–Crippen LogP) is 5.06. The number of anilines is 3. The fraction of sp³-hybridized carbons (Fsp3) is 0.381. The number of likely N-dealkylation sites (tertiary alicyclic amines) is 1. The number of carboxylic acid groups (broad SMARTS) is 1. The van der Waals surface area contributed by atoms with Crippen LogP contribution in [-0.4, -0.2) is 48.3 Å². The first-order valence-electron chi connectivity index (χ1n) is 10.0. The quantitative estimate of drug-likeness (QED) is 0.434. The minimum atomic E-state index is -4.43. The maximum Gasteiger partial charge on any atom is 0.416 e. The summed E-state index contributed by atoms with van der Waals surface area (Å²) in [5.41, 5.74) is 1.34. The van der Waals surface area contributed by atoms with E-state index < -0.39 is 17.8 Å². The Kier molecular flexibility index (Phi) is 6.19. The summed E-state index contributed by atoms with van der Waals surface area (Å²) in [4.78, 5) is 14.2. The molecule has 2 aliphatic heterocycles. The molecule has 6 nitrogen and oxygen atoms in total. The maximum atomic E-state index is 13.5. The van der Waals surface area contributed by atoms with Crippen LogP contribution in [0.2, 0.25) is 0 Å². The predicted molar refractivity (Wildman–Crippen MR) is 114 cm³/mol. The van der Waals surface area contributed by atoms with Crippen LogP contribution in [-0.2, 0) is 6.18 Å². The van der Waals surface area contributed by atoms with Crippen LogP contribution in [0.3, 0.4) is 0 Å². The average molecular weight is 453 g/mol. The molecule has 0 aromatic heterocycles. The molecular formula is C21H23F3N4O2S. The lowest BCUT2D eigenvalue weighted by atomic mass is 10.0. The SMILES string of the molecule is O=C(O)NCCN1CCC(Nc2cc(C(F)(F)F)cc3c2Nc2ccccc2S3)CC1. The Morgan fingerprint density at radius 3 is 2.65 bits per heavy atom. The first-order chi connectivity index (χ1) is 14.8. The molecular weight excluding hydrogens is 429 g/mol. The molecule has 10 heteroatoms. The van der Waals surface area contributed by atoms with Crippen molar-refractivity contribution in [2.45, 2.75) is 34.9 Å². The third kappa shape index (κ3) is 5.19. The van der Waals surface area contributed by atoms with E-state index in [1.807, 2.05) is 24.3 Å². The smallest absolute Gasteiger partial charge is 0.416 e. The van der Waals surface area contributed by atoms with Crippen molar-refractivity contribution in [3.05, 3.63) is 42.0 Å². The number of para-hydroxylation sites is 1. The van der Waals surface area contributed by atoms with Crippen LogP contribution in [0.5, 0.6) is 0 Å². The van der Waals surface area contributed by atoms with E-state index >= 15 is 0 Å². The molecule has 0 bridgehead atoms. The van der Waals surface area contributed by atoms with Gasteiger partial charge in [0.05, 0.1) is 22.6 Å². The van der Waals surface area contributed by atoms with E-state index in [1.165, 1.54) is 23.9 Å². The summed E-state index contributed by atoms with van der Waals surface area (Å²) in [7, 11) is 0. The molecule has 2 aliphatic rings. The number of nitrogens with zero attached hydrogens (tertiary/aromatic N) is 1. The number of alkyl halides is 3. The zero-order valence-corrected chi connectivity index (χ0v) is 17.4. The molecule has 1 amide bonds. The van der Waals surface area contributed by atoms with Gasteiger partial charge in [0.15, 0.2) is 0 Å². The van der Waals surface area contributed by atoms with Crippen molar-refractivity contribution in [3.63, 3.8) is 0 Å². The van der Waals surface area contributed by atoms with Crippen LogP contribution in [0.4, 0.5) is 35.0 Å². The standard InChI is InChI=1S/C21H23F3N4O2S/c22-21(23,24)13-11-16(19-18(12-13)31-17-4-2-1-3-15(17)27-19)26-14-5-8-28(9-6-14)10-7-25-20(29)30/h1-4,11-12,14,25-27H,5-10H2,(H,29,30). The van der Waals surface area contributed by atoms with Crippen LogP contribution < -0.4 is 16.0 Å². The molecule has 2 heterocycles. The number of hydrogen-bond acceptors (Lipinski definition) is 5. The van der Waals surface area contributed by atoms with Crippen LogP contribution in [0.25, 0.3) is 0 Å². The van der Waals surface area contributed by atoms with E-state index in [-0.39, 0.29) is 6.04 Å². The van der Waals surface area contributed by atoms with E-state index in [0.717, 1.165) is 36.5 Å². The minimum absolute atomic E-state index is 0.0419. The van der Waals surface area contributed by atoms with Crippen LogP contribution >= 0.6 is 11.8 Å². The Morgan fingerprint density at radius 1 is 1.19 bits per heavy atom. The number of piperidine rings is 1. The van der Waals surface area contributed by atoms with Crippen molar-refractivity contribution in [1.82, 2.24) is 10.2 Å². The Bertz CT molecular complexity index is 962. The second-order valence-corrected chi connectivity index (χ2v) is 8.69. The maximum absolute atomic E-state index is 13.5. The third-order valence-corrected chi connectivity index (χ3v) is 6.57. The first-order valence-corrected chi connectivity index (χ1v) is 10.9. The number of fused-ring (bicyclic) bond motifs is 2. The van der Waals surface area contributed by atoms with Crippen molar-refractivity contribution in [1.29, 1.82) is 0 Å². The van der Waals surface area contributed by atoms with E-state index in [2.05, 4.69) is 20.9 Å². The Balaban J connectivity index is 1.49. The number of nitrogens with one attached hydrogen (secondary N) is 3. The normalized spacial score (nSPS) is 16.7. The largest absolute Gasteiger partial charge is 0.465 e. The second-order valence-electron chi connectivity index (χ2n) is 7.61. The summed E-state index contributed by atoms with van der Waals surface area (Å²) >= 11 is 1.34. The number of carbonyl (C=O) groups is 1. The van der Waals surface area contributed by atoms with Crippen LogP contribution in [0.1, 0.15) is 18.4 Å². The van der Waals surface area contributed by atoms with Crippen LogP contribution in [0, 0.1) is 0 Å². The zero-order valence-electron chi connectivity index (χ0n) is 16.6. The highest BCUT2D eigenvalue weighted by molar-refractivity contribution is 7.99. The van der Waals surface area contributed by atoms with Crippen LogP contribution in [0.15, 0.2) is 46.2 Å². The van der Waals surface area contributed by atoms with Gasteiger partial charge in [-0.2, -0.15) is 13.2 Å². The molecule has 4 N–H and O–H groups in total. The lowest BCUT2D eigenvalue weighted by Gasteiger charge is -2.34. The van der Waals surface area contributed by atoms with Crippen molar-refractivity contribution >= 4 is 34.9 Å². The Morgan fingerprint density at radius 2 is 1.94 bits per heavy atom. The van der Waals surface area contributed by atoms with Crippen molar-refractivity contribution < 1.29 is 23.1 Å².